The molecule has 0 radical (unpaired) electrons. The Morgan fingerprint density at radius 2 is 0.565 bits per heavy atom. The summed E-state index contributed by atoms with van der Waals surface area (Å²) in [5.41, 5.74) is 12.8. The zero-order chi connectivity index (χ0) is 41.3. The zero-order valence-corrected chi connectivity index (χ0v) is 33.9. The van der Waals surface area contributed by atoms with E-state index >= 15 is 0 Å². The Morgan fingerprint density at radius 3 is 1.00 bits per heavy atom. The Hall–Kier alpha value is -8.21. The van der Waals surface area contributed by atoms with Gasteiger partial charge in [-0.05, 0) is 57.6 Å². The summed E-state index contributed by atoms with van der Waals surface area (Å²) in [5, 5.41) is 2.51. The fourth-order valence-electron chi connectivity index (χ4n) is 9.10. The molecule has 0 aliphatic carbocycles. The topological polar surface area (TPSA) is 43.6 Å². The van der Waals surface area contributed by atoms with E-state index in [4.69, 9.17) is 15.0 Å². The molecule has 0 N–H and O–H groups in total. The van der Waals surface area contributed by atoms with Gasteiger partial charge in [-0.25, -0.2) is 15.0 Å². The summed E-state index contributed by atoms with van der Waals surface area (Å²) in [7, 11) is 0. The number of nitrogens with zero attached hydrogens (tertiary/aromatic N) is 4. The fourth-order valence-corrected chi connectivity index (χ4v) is 9.10. The van der Waals surface area contributed by atoms with E-state index in [9.17, 15) is 0 Å². The lowest BCUT2D eigenvalue weighted by atomic mass is 9.65. The highest BCUT2D eigenvalue weighted by atomic mass is 15.0. The quantitative estimate of drug-likeness (QED) is 0.137. The normalized spacial score (nSPS) is 11.5. The average molecular weight is 793 g/mol. The van der Waals surface area contributed by atoms with Crippen LogP contribution in [-0.2, 0) is 5.41 Å². The van der Waals surface area contributed by atoms with E-state index in [-0.39, 0.29) is 0 Å². The molecule has 0 spiro atoms. The van der Waals surface area contributed by atoms with Gasteiger partial charge in [0.15, 0.2) is 17.5 Å². The summed E-state index contributed by atoms with van der Waals surface area (Å²) in [6.45, 7) is 0. The predicted octanol–water partition coefficient (Wildman–Crippen LogP) is 14.0. The number of aromatic nitrogens is 4. The second kappa shape index (κ2) is 15.8. The highest BCUT2D eigenvalue weighted by Gasteiger charge is 2.38. The minimum Gasteiger partial charge on any atom is -0.309 e. The summed E-state index contributed by atoms with van der Waals surface area (Å²) in [6, 6.07) is 85.8. The highest BCUT2D eigenvalue weighted by Crippen LogP contribution is 2.45. The molecule has 0 unspecified atom stereocenters. The van der Waals surface area contributed by atoms with Crippen LogP contribution in [0.2, 0.25) is 0 Å². The number of fused-ring (bicyclic) bond motifs is 3. The number of hydrogen-bond donors (Lipinski definition) is 0. The number of rotatable bonds is 9. The van der Waals surface area contributed by atoms with Gasteiger partial charge in [-0.3, -0.25) is 0 Å². The van der Waals surface area contributed by atoms with Crippen molar-refractivity contribution in [2.45, 2.75) is 5.41 Å². The van der Waals surface area contributed by atoms with E-state index < -0.39 is 5.41 Å². The van der Waals surface area contributed by atoms with E-state index in [1.54, 1.807) is 0 Å². The third kappa shape index (κ3) is 6.46. The van der Waals surface area contributed by atoms with Gasteiger partial charge in [-0.15, -0.1) is 0 Å². The van der Waals surface area contributed by atoms with E-state index in [2.05, 4.69) is 217 Å². The average Bonchev–Trinajstić information content (AvgIpc) is 3.70. The van der Waals surface area contributed by atoms with Crippen LogP contribution in [0.15, 0.2) is 243 Å². The molecule has 2 heterocycles. The Kier molecular flexibility index (Phi) is 9.36. The molecule has 0 atom stereocenters. The van der Waals surface area contributed by atoms with E-state index in [1.807, 2.05) is 30.3 Å². The number of hydrogen-bond acceptors (Lipinski definition) is 3. The molecule has 0 saturated heterocycles. The first-order valence-corrected chi connectivity index (χ1v) is 21.0. The Morgan fingerprint density at radius 1 is 0.258 bits per heavy atom. The molecule has 9 aromatic carbocycles. The van der Waals surface area contributed by atoms with Crippen molar-refractivity contribution >= 4 is 21.8 Å². The lowest BCUT2D eigenvalue weighted by molar-refractivity contribution is 0.745. The van der Waals surface area contributed by atoms with Crippen LogP contribution in [0.25, 0.3) is 72.8 Å². The van der Waals surface area contributed by atoms with Crippen LogP contribution in [0.1, 0.15) is 22.3 Å². The number of para-hydroxylation sites is 2. The van der Waals surface area contributed by atoms with E-state index in [0.29, 0.717) is 17.5 Å². The van der Waals surface area contributed by atoms with Crippen molar-refractivity contribution in [3.8, 4) is 51.0 Å². The van der Waals surface area contributed by atoms with Gasteiger partial charge in [0, 0.05) is 33.2 Å². The van der Waals surface area contributed by atoms with Crippen LogP contribution in [0, 0.1) is 0 Å². The SMILES string of the molecule is c1ccc(-c2nc(-c3ccc(-c4ccc(-n5c6ccccc6c6ccccc65)cc4)cc3)nc(-c3ccc(C(c4ccccc4)(c4ccccc4)c4ccccc4)cc3)n2)cc1. The van der Waals surface area contributed by atoms with Crippen LogP contribution in [0.5, 0.6) is 0 Å². The molecule has 292 valence electrons. The lowest BCUT2D eigenvalue weighted by Crippen LogP contribution is -2.30. The third-order valence-electron chi connectivity index (χ3n) is 12.0. The maximum absolute atomic E-state index is 5.13. The van der Waals surface area contributed by atoms with Gasteiger partial charge >= 0.3 is 0 Å². The van der Waals surface area contributed by atoms with Crippen molar-refractivity contribution in [1.82, 2.24) is 19.5 Å². The summed E-state index contributed by atoms with van der Waals surface area (Å²) in [6.07, 6.45) is 0. The van der Waals surface area contributed by atoms with Crippen molar-refractivity contribution in [3.05, 3.63) is 265 Å². The Bertz CT molecular complexity index is 3140. The lowest BCUT2D eigenvalue weighted by Gasteiger charge is -2.37. The Balaban J connectivity index is 0.961. The molecule has 2 aromatic heterocycles. The van der Waals surface area contributed by atoms with Crippen LogP contribution in [-0.4, -0.2) is 19.5 Å². The molecule has 0 aliphatic rings. The molecule has 0 amide bonds. The first-order chi connectivity index (χ1) is 30.7. The fraction of sp³-hybridized carbons (Fsp3) is 0.0172. The van der Waals surface area contributed by atoms with Gasteiger partial charge in [0.05, 0.1) is 16.4 Å². The van der Waals surface area contributed by atoms with Gasteiger partial charge in [-0.2, -0.15) is 0 Å². The van der Waals surface area contributed by atoms with Crippen LogP contribution in [0.4, 0.5) is 0 Å². The van der Waals surface area contributed by atoms with Crippen molar-refractivity contribution in [1.29, 1.82) is 0 Å². The molecule has 0 saturated carbocycles. The summed E-state index contributed by atoms with van der Waals surface area (Å²) in [4.78, 5) is 15.2. The van der Waals surface area contributed by atoms with Crippen molar-refractivity contribution in [2.75, 3.05) is 0 Å². The maximum atomic E-state index is 5.13. The molecule has 11 rings (SSSR count). The molecule has 62 heavy (non-hydrogen) atoms. The summed E-state index contributed by atoms with van der Waals surface area (Å²) in [5.74, 6) is 1.87. The zero-order valence-electron chi connectivity index (χ0n) is 33.9. The van der Waals surface area contributed by atoms with E-state index in [0.717, 1.165) is 39.1 Å². The smallest absolute Gasteiger partial charge is 0.164 e. The minimum atomic E-state index is -0.547. The third-order valence-corrected chi connectivity index (χ3v) is 12.0. The van der Waals surface area contributed by atoms with E-state index in [1.165, 1.54) is 38.5 Å². The molecule has 0 bridgehead atoms. The first kappa shape index (κ1) is 36.8. The molecule has 0 aliphatic heterocycles. The monoisotopic (exact) mass is 792 g/mol. The van der Waals surface area contributed by atoms with Crippen LogP contribution in [0.3, 0.4) is 0 Å². The molecule has 0 fully saturated rings. The second-order valence-corrected chi connectivity index (χ2v) is 15.6. The van der Waals surface area contributed by atoms with Gasteiger partial charge in [-0.1, -0.05) is 218 Å². The van der Waals surface area contributed by atoms with Gasteiger partial charge in [0.2, 0.25) is 0 Å². The maximum Gasteiger partial charge on any atom is 0.164 e. The van der Waals surface area contributed by atoms with Gasteiger partial charge in [0.25, 0.3) is 0 Å². The summed E-state index contributed by atoms with van der Waals surface area (Å²) < 4.78 is 2.35. The van der Waals surface area contributed by atoms with Crippen molar-refractivity contribution < 1.29 is 0 Å². The Labute approximate surface area is 361 Å². The molecular formula is C58H40N4. The van der Waals surface area contributed by atoms with Crippen LogP contribution < -0.4 is 0 Å². The second-order valence-electron chi connectivity index (χ2n) is 15.6. The molecule has 4 nitrogen and oxygen atoms in total. The molecule has 4 heteroatoms. The highest BCUT2D eigenvalue weighted by molar-refractivity contribution is 6.09. The molecular weight excluding hydrogens is 753 g/mol. The van der Waals surface area contributed by atoms with Gasteiger partial charge < -0.3 is 4.57 Å². The summed E-state index contributed by atoms with van der Waals surface area (Å²) >= 11 is 0. The van der Waals surface area contributed by atoms with Crippen molar-refractivity contribution in [2.24, 2.45) is 0 Å². The number of benzene rings is 9. The minimum absolute atomic E-state index is 0.547. The van der Waals surface area contributed by atoms with Crippen LogP contribution >= 0.6 is 0 Å². The largest absolute Gasteiger partial charge is 0.309 e. The first-order valence-electron chi connectivity index (χ1n) is 21.0. The molecule has 11 aromatic rings. The van der Waals surface area contributed by atoms with Gasteiger partial charge in [0.1, 0.15) is 0 Å². The predicted molar refractivity (Wildman–Crippen MR) is 254 cm³/mol. The standard InChI is InChI=1S/C58H40N4/c1-5-17-43(18-6-1)55-59-56(44-31-29-41(30-32-44)42-35-39-50(40-36-42)62-53-27-15-13-25-51(53)52-26-14-16-28-54(52)62)61-57(60-55)45-33-37-49(38-34-45)58(46-19-7-2-8-20-46,47-21-9-3-10-22-47)48-23-11-4-12-24-48/h1-40H. The van der Waals surface area contributed by atoms with Crippen molar-refractivity contribution in [3.63, 3.8) is 0 Å².